The fourth-order valence-electron chi connectivity index (χ4n) is 5.54. The van der Waals surface area contributed by atoms with Crippen LogP contribution in [-0.2, 0) is 0 Å². The van der Waals surface area contributed by atoms with Crippen molar-refractivity contribution in [2.75, 3.05) is 68.1 Å². The second-order valence-corrected chi connectivity index (χ2v) is 14.7. The third-order valence-electron chi connectivity index (χ3n) is 8.65. The van der Waals surface area contributed by atoms with Crippen molar-refractivity contribution >= 4 is 11.9 Å². The molecule has 0 unspecified atom stereocenters. The van der Waals surface area contributed by atoms with Gasteiger partial charge in [-0.25, -0.2) is 0 Å². The molecule has 254 valence electrons. The van der Waals surface area contributed by atoms with Crippen molar-refractivity contribution in [1.82, 2.24) is 0 Å². The number of unbranched alkanes of at least 4 members (excludes halogenated alkanes) is 14. The van der Waals surface area contributed by atoms with E-state index in [1.54, 1.807) is 0 Å². The molecule has 0 aromatic heterocycles. The maximum Gasteiger partial charge on any atom is 0.137 e. The molecule has 0 aliphatic rings. The van der Waals surface area contributed by atoms with E-state index in [9.17, 15) is 0 Å². The second kappa shape index (κ2) is 23.0. The topological polar surface area (TPSA) is 30.8 Å². The summed E-state index contributed by atoms with van der Waals surface area (Å²) in [5.74, 6) is 1.82. The van der Waals surface area contributed by atoms with Gasteiger partial charge < -0.3 is 18.4 Å². The van der Waals surface area contributed by atoms with E-state index < -0.39 is 0 Å². The van der Waals surface area contributed by atoms with Crippen LogP contribution in [0.4, 0.5) is 5.69 Å². The zero-order valence-electron chi connectivity index (χ0n) is 30.2. The summed E-state index contributed by atoms with van der Waals surface area (Å²) in [7, 11) is 11.4. The van der Waals surface area contributed by atoms with E-state index in [0.717, 1.165) is 46.8 Å². The van der Waals surface area contributed by atoms with E-state index >= 15 is 0 Å². The van der Waals surface area contributed by atoms with E-state index in [0.29, 0.717) is 6.61 Å². The van der Waals surface area contributed by atoms with E-state index in [-0.39, 0.29) is 0 Å². The van der Waals surface area contributed by atoms with Gasteiger partial charge in [0.05, 0.1) is 60.6 Å². The molecule has 0 bridgehead atoms. The summed E-state index contributed by atoms with van der Waals surface area (Å²) >= 11 is 0. The number of quaternary nitrogens is 2. The minimum Gasteiger partial charge on any atom is -0.494 e. The van der Waals surface area contributed by atoms with Crippen molar-refractivity contribution in [1.29, 1.82) is 0 Å². The minimum absolute atomic E-state index is 0.707. The zero-order chi connectivity index (χ0) is 32.6. The largest absolute Gasteiger partial charge is 0.494 e. The molecule has 0 aliphatic heterocycles. The Morgan fingerprint density at radius 1 is 0.511 bits per heavy atom. The summed E-state index contributed by atoms with van der Waals surface area (Å²) in [4.78, 5) is 4.60. The maximum atomic E-state index is 5.98. The van der Waals surface area contributed by atoms with Crippen LogP contribution in [0, 0.1) is 0 Å². The molecule has 2 rings (SSSR count). The van der Waals surface area contributed by atoms with Gasteiger partial charge >= 0.3 is 0 Å². The van der Waals surface area contributed by atoms with E-state index in [2.05, 4.69) is 59.3 Å². The third-order valence-corrected chi connectivity index (χ3v) is 8.65. The lowest BCUT2D eigenvalue weighted by Gasteiger charge is -2.30. The lowest BCUT2D eigenvalue weighted by molar-refractivity contribution is -0.890. The molecule has 2 aromatic carbocycles. The first kappa shape index (κ1) is 38.8. The van der Waals surface area contributed by atoms with Gasteiger partial charge in [-0.15, -0.1) is 0 Å². The second-order valence-electron chi connectivity index (χ2n) is 14.7. The van der Waals surface area contributed by atoms with Gasteiger partial charge in [0.2, 0.25) is 0 Å². The standard InChI is InChI=1S/C40H69N3O2/c1-7-8-9-10-11-14-17-20-31-43(5,6)32-21-18-15-12-13-16-19-22-34-44-39-27-23-37(24-28-39)36-41-38-25-29-40(30-26-38)45-35-33-42(2,3)4/h23-30,36H,7-22,31-35H2,1-6H3/q+2. The maximum absolute atomic E-state index is 5.98. The fourth-order valence-corrected chi connectivity index (χ4v) is 5.54. The van der Waals surface area contributed by atoms with Gasteiger partial charge in [-0.05, 0) is 86.2 Å². The third kappa shape index (κ3) is 21.1. The fraction of sp³-hybridized carbons (Fsp3) is 0.675. The van der Waals surface area contributed by atoms with Gasteiger partial charge in [0, 0.05) is 6.21 Å². The molecule has 0 radical (unpaired) electrons. The highest BCUT2D eigenvalue weighted by molar-refractivity contribution is 5.82. The Bertz CT molecular complexity index is 1010. The van der Waals surface area contributed by atoms with Gasteiger partial charge in [0.25, 0.3) is 0 Å². The predicted octanol–water partition coefficient (Wildman–Crippen LogP) is 10.2. The van der Waals surface area contributed by atoms with E-state index in [1.807, 2.05) is 42.6 Å². The lowest BCUT2D eigenvalue weighted by atomic mass is 10.1. The van der Waals surface area contributed by atoms with Crippen molar-refractivity contribution in [3.05, 3.63) is 54.1 Å². The van der Waals surface area contributed by atoms with Crippen LogP contribution < -0.4 is 9.47 Å². The van der Waals surface area contributed by atoms with Gasteiger partial charge in [0.1, 0.15) is 24.7 Å². The van der Waals surface area contributed by atoms with Crippen LogP contribution in [0.2, 0.25) is 0 Å². The van der Waals surface area contributed by atoms with Crippen molar-refractivity contribution in [3.63, 3.8) is 0 Å². The van der Waals surface area contributed by atoms with Gasteiger partial charge in [0.15, 0.2) is 0 Å². The molecule has 45 heavy (non-hydrogen) atoms. The smallest absolute Gasteiger partial charge is 0.137 e. The molecule has 5 heteroatoms. The first-order valence-electron chi connectivity index (χ1n) is 18.3. The Labute approximate surface area is 278 Å². The van der Waals surface area contributed by atoms with Gasteiger partial charge in [-0.2, -0.15) is 0 Å². The van der Waals surface area contributed by atoms with Crippen LogP contribution in [0.25, 0.3) is 0 Å². The number of nitrogens with zero attached hydrogens (tertiary/aromatic N) is 3. The number of benzene rings is 2. The molecule has 0 amide bonds. The van der Waals surface area contributed by atoms with Crippen LogP contribution >= 0.6 is 0 Å². The average Bonchev–Trinajstić information content (AvgIpc) is 3.00. The molecule has 0 fully saturated rings. The Morgan fingerprint density at radius 2 is 0.956 bits per heavy atom. The van der Waals surface area contributed by atoms with Crippen molar-refractivity contribution in [3.8, 4) is 11.5 Å². The van der Waals surface area contributed by atoms with Gasteiger partial charge in [-0.1, -0.05) is 77.6 Å². The summed E-state index contributed by atoms with van der Waals surface area (Å²) < 4.78 is 13.9. The molecular weight excluding hydrogens is 554 g/mol. The van der Waals surface area contributed by atoms with Crippen molar-refractivity contribution in [2.45, 2.75) is 110 Å². The highest BCUT2D eigenvalue weighted by Gasteiger charge is 2.13. The SMILES string of the molecule is CCCCCCCCCC[N+](C)(C)CCCCCCCCCCOc1ccc(C=Nc2ccc(OCC[N+](C)(C)C)cc2)cc1. The Kier molecular flexibility index (Phi) is 19.9. The molecule has 0 aliphatic carbocycles. The molecule has 0 saturated carbocycles. The van der Waals surface area contributed by atoms with E-state index in [4.69, 9.17) is 9.47 Å². The Morgan fingerprint density at radius 3 is 1.47 bits per heavy atom. The first-order valence-corrected chi connectivity index (χ1v) is 18.3. The summed E-state index contributed by atoms with van der Waals surface area (Å²) in [5.41, 5.74) is 1.98. The molecular formula is C40H69N3O2+2. The van der Waals surface area contributed by atoms with Crippen molar-refractivity contribution < 1.29 is 18.4 Å². The molecule has 0 saturated heterocycles. The monoisotopic (exact) mass is 624 g/mol. The van der Waals surface area contributed by atoms with Crippen LogP contribution in [0.5, 0.6) is 11.5 Å². The summed E-state index contributed by atoms with van der Waals surface area (Å²) in [6.07, 6.45) is 23.8. The predicted molar refractivity (Wildman–Crippen MR) is 195 cm³/mol. The number of rotatable bonds is 27. The molecule has 0 spiro atoms. The number of hydrogen-bond acceptors (Lipinski definition) is 3. The molecule has 0 atom stereocenters. The lowest BCUT2D eigenvalue weighted by Crippen LogP contribution is -2.41. The average molecular weight is 624 g/mol. The Balaban J connectivity index is 1.45. The number of hydrogen-bond donors (Lipinski definition) is 0. The quantitative estimate of drug-likeness (QED) is 0.0563. The Hall–Kier alpha value is -2.37. The minimum atomic E-state index is 0.707. The summed E-state index contributed by atoms with van der Waals surface area (Å²) in [6.45, 7) is 7.45. The number of aliphatic imine (C=N–C) groups is 1. The molecule has 5 nitrogen and oxygen atoms in total. The number of ether oxygens (including phenoxy) is 2. The first-order chi connectivity index (χ1) is 21.7. The van der Waals surface area contributed by atoms with Gasteiger partial charge in [-0.3, -0.25) is 4.99 Å². The van der Waals surface area contributed by atoms with Crippen molar-refractivity contribution in [2.24, 2.45) is 4.99 Å². The van der Waals surface area contributed by atoms with Crippen LogP contribution in [0.15, 0.2) is 53.5 Å². The normalized spacial score (nSPS) is 12.2. The zero-order valence-corrected chi connectivity index (χ0v) is 30.2. The van der Waals surface area contributed by atoms with Crippen LogP contribution in [-0.4, -0.2) is 83.3 Å². The number of likely N-dealkylation sites (N-methyl/N-ethyl adjacent to an activating group) is 1. The molecule has 2 aromatic rings. The summed E-state index contributed by atoms with van der Waals surface area (Å²) in [6, 6.07) is 16.2. The van der Waals surface area contributed by atoms with Crippen LogP contribution in [0.1, 0.15) is 115 Å². The molecule has 0 heterocycles. The summed E-state index contributed by atoms with van der Waals surface area (Å²) in [5, 5.41) is 0. The van der Waals surface area contributed by atoms with E-state index in [1.165, 1.54) is 114 Å². The van der Waals surface area contributed by atoms with Crippen LogP contribution in [0.3, 0.4) is 0 Å². The highest BCUT2D eigenvalue weighted by Crippen LogP contribution is 2.19. The highest BCUT2D eigenvalue weighted by atomic mass is 16.5. The molecule has 0 N–H and O–H groups in total.